The molecule has 6 heterocycles. The van der Waals surface area contributed by atoms with Gasteiger partial charge in [0, 0.05) is 63.6 Å². The molecule has 68 heavy (non-hydrogen) atoms. The standard InChI is InChI=1S/2C24H33N3O2.C4H6O6/c2*1-2-5-21(6-3-1)18-28-14-10-20-8-12-27(13-9-20)23-15-24(17-25-16-23)29-19-22-7-4-11-26-22;5-1(3(7)8)2(6)4(9)10/h2*1-3,5-6,15-17,20,22,26H,4,7-14,18-19H2;1-2,5-6H,(H,7,8)(H,9,10)/t2*22-;1-,2-/m110/s1. The van der Waals surface area contributed by atoms with Gasteiger partial charge in [0.05, 0.1) is 49.4 Å². The van der Waals surface area contributed by atoms with E-state index in [1.807, 2.05) is 36.9 Å². The molecular formula is C52H72N6O10. The maximum absolute atomic E-state index is 9.77. The number of aliphatic carboxylic acids is 2. The number of aliphatic hydroxyl groups is 2. The van der Waals surface area contributed by atoms with Crippen molar-refractivity contribution in [2.45, 2.75) is 102 Å². The Bertz CT molecular complexity index is 1880. The van der Waals surface area contributed by atoms with Crippen LogP contribution in [-0.2, 0) is 32.3 Å². The Balaban J connectivity index is 0.000000187. The van der Waals surface area contributed by atoms with Crippen molar-refractivity contribution in [1.82, 2.24) is 20.6 Å². The smallest absolute Gasteiger partial charge is 0.335 e. The zero-order valence-corrected chi connectivity index (χ0v) is 39.3. The summed E-state index contributed by atoms with van der Waals surface area (Å²) < 4.78 is 23.7. The van der Waals surface area contributed by atoms with E-state index in [-0.39, 0.29) is 0 Å². The van der Waals surface area contributed by atoms with Crippen LogP contribution < -0.4 is 29.9 Å². The molecule has 4 aromatic rings. The van der Waals surface area contributed by atoms with Crippen LogP contribution >= 0.6 is 0 Å². The van der Waals surface area contributed by atoms with Crippen molar-refractivity contribution in [3.8, 4) is 11.5 Å². The third-order valence-corrected chi connectivity index (χ3v) is 13.0. The molecule has 0 bridgehead atoms. The van der Waals surface area contributed by atoms with Gasteiger partial charge in [0.1, 0.15) is 24.7 Å². The maximum atomic E-state index is 9.77. The molecule has 4 aliphatic heterocycles. The van der Waals surface area contributed by atoms with Gasteiger partial charge in [0.2, 0.25) is 0 Å². The molecule has 6 N–H and O–H groups in total. The van der Waals surface area contributed by atoms with Crippen LogP contribution in [0.4, 0.5) is 11.4 Å². The number of piperidine rings is 2. The van der Waals surface area contributed by atoms with Gasteiger partial charge in [-0.05, 0) is 100 Å². The van der Waals surface area contributed by atoms with E-state index in [2.05, 4.69) is 91.1 Å². The van der Waals surface area contributed by atoms with Gasteiger partial charge in [0.25, 0.3) is 0 Å². The van der Waals surface area contributed by atoms with Gasteiger partial charge in [-0.3, -0.25) is 9.97 Å². The number of aromatic nitrogens is 2. The van der Waals surface area contributed by atoms with Crippen LogP contribution in [0.5, 0.6) is 11.5 Å². The van der Waals surface area contributed by atoms with Gasteiger partial charge in [-0.2, -0.15) is 0 Å². The lowest BCUT2D eigenvalue weighted by Crippen LogP contribution is -2.39. The predicted molar refractivity (Wildman–Crippen MR) is 260 cm³/mol. The lowest BCUT2D eigenvalue weighted by Gasteiger charge is -2.33. The van der Waals surface area contributed by atoms with Crippen molar-refractivity contribution < 1.29 is 49.0 Å². The number of carboxylic acid groups (broad SMARTS) is 2. The lowest BCUT2D eigenvalue weighted by atomic mass is 9.94. The number of hydrogen-bond donors (Lipinski definition) is 6. The molecule has 2 aromatic carbocycles. The maximum Gasteiger partial charge on any atom is 0.335 e. The molecule has 16 heteroatoms. The minimum atomic E-state index is -2.27. The summed E-state index contributed by atoms with van der Waals surface area (Å²) in [5, 5.41) is 39.5. The monoisotopic (exact) mass is 941 g/mol. The van der Waals surface area contributed by atoms with Crippen LogP contribution in [0.1, 0.15) is 75.3 Å². The fraction of sp³-hybridized carbons (Fsp3) is 0.538. The molecule has 0 amide bonds. The van der Waals surface area contributed by atoms with Gasteiger partial charge in [-0.1, -0.05) is 60.7 Å². The summed E-state index contributed by atoms with van der Waals surface area (Å²) in [6, 6.07) is 26.1. The number of pyridine rings is 2. The zero-order valence-electron chi connectivity index (χ0n) is 39.3. The molecule has 370 valence electrons. The number of hydrogen-bond acceptors (Lipinski definition) is 14. The lowest BCUT2D eigenvalue weighted by molar-refractivity contribution is -0.165. The van der Waals surface area contributed by atoms with E-state index < -0.39 is 24.1 Å². The highest BCUT2D eigenvalue weighted by atomic mass is 16.5. The van der Waals surface area contributed by atoms with Crippen molar-refractivity contribution in [3.05, 3.63) is 109 Å². The Morgan fingerprint density at radius 2 is 0.985 bits per heavy atom. The van der Waals surface area contributed by atoms with Crippen molar-refractivity contribution >= 4 is 23.3 Å². The first-order valence-electron chi connectivity index (χ1n) is 24.4. The largest absolute Gasteiger partial charge is 0.490 e. The van der Waals surface area contributed by atoms with Gasteiger partial charge in [-0.25, -0.2) is 9.59 Å². The molecule has 4 saturated heterocycles. The SMILES string of the molecule is O=C(O)[C@@H](O)[C@H](O)C(=O)O.c1ccc(COCCC2CCN(c3cncc(OC[C@H]4CCCN4)c3)CC2)cc1.c1ccc(COCCC2CCN(c3cncc(OC[C@H]4CCCN4)c3)CC2)cc1. The third-order valence-electron chi connectivity index (χ3n) is 13.0. The minimum absolute atomic E-state index is 0.485. The number of benzene rings is 2. The van der Waals surface area contributed by atoms with E-state index in [1.54, 1.807) is 0 Å². The molecule has 16 nitrogen and oxygen atoms in total. The summed E-state index contributed by atoms with van der Waals surface area (Å²) >= 11 is 0. The van der Waals surface area contributed by atoms with E-state index in [4.69, 9.17) is 39.4 Å². The summed E-state index contributed by atoms with van der Waals surface area (Å²) in [6.45, 7) is 11.1. The van der Waals surface area contributed by atoms with Crippen LogP contribution in [0.2, 0.25) is 0 Å². The highest BCUT2D eigenvalue weighted by Crippen LogP contribution is 2.29. The van der Waals surface area contributed by atoms with Gasteiger partial charge in [-0.15, -0.1) is 0 Å². The highest BCUT2D eigenvalue weighted by molar-refractivity contribution is 5.83. The Kier molecular flexibility index (Phi) is 22.1. The summed E-state index contributed by atoms with van der Waals surface area (Å²) in [5.41, 5.74) is 4.86. The average molecular weight is 941 g/mol. The molecule has 0 spiro atoms. The number of carbonyl (C=O) groups is 2. The molecule has 0 radical (unpaired) electrons. The van der Waals surface area contributed by atoms with Crippen LogP contribution in [0.25, 0.3) is 0 Å². The van der Waals surface area contributed by atoms with E-state index in [1.165, 1.54) is 73.9 Å². The number of anilines is 2. The van der Waals surface area contributed by atoms with Crippen LogP contribution in [-0.4, -0.2) is 132 Å². The van der Waals surface area contributed by atoms with Crippen LogP contribution in [0.15, 0.2) is 97.6 Å². The molecule has 2 aromatic heterocycles. The first-order valence-corrected chi connectivity index (χ1v) is 24.4. The number of aliphatic hydroxyl groups excluding tert-OH is 2. The van der Waals surface area contributed by atoms with Crippen LogP contribution in [0.3, 0.4) is 0 Å². The van der Waals surface area contributed by atoms with Gasteiger partial charge in [0.15, 0.2) is 12.2 Å². The quantitative estimate of drug-likeness (QED) is 0.0534. The van der Waals surface area contributed by atoms with Crippen LogP contribution in [0, 0.1) is 11.8 Å². The molecule has 0 saturated carbocycles. The molecule has 4 atom stereocenters. The van der Waals surface area contributed by atoms with Gasteiger partial charge < -0.3 is 59.8 Å². The van der Waals surface area contributed by atoms with Gasteiger partial charge >= 0.3 is 11.9 Å². The zero-order chi connectivity index (χ0) is 47.8. The van der Waals surface area contributed by atoms with E-state index in [0.717, 1.165) is 102 Å². The molecule has 4 fully saturated rings. The summed E-state index contributed by atoms with van der Waals surface area (Å²) in [4.78, 5) is 33.2. The number of ether oxygens (including phenoxy) is 4. The second-order valence-electron chi connectivity index (χ2n) is 18.0. The average Bonchev–Trinajstić information content (AvgIpc) is 4.12. The Hall–Kier alpha value is -5.36. The Morgan fingerprint density at radius 3 is 1.34 bits per heavy atom. The molecular weight excluding hydrogens is 869 g/mol. The van der Waals surface area contributed by atoms with E-state index >= 15 is 0 Å². The van der Waals surface area contributed by atoms with Crippen molar-refractivity contribution in [2.75, 3.05) is 75.5 Å². The molecule has 4 aliphatic rings. The highest BCUT2D eigenvalue weighted by Gasteiger charge is 2.29. The Morgan fingerprint density at radius 1 is 0.588 bits per heavy atom. The molecule has 0 unspecified atom stereocenters. The summed E-state index contributed by atoms with van der Waals surface area (Å²) in [6.07, 6.45) is 15.1. The summed E-state index contributed by atoms with van der Waals surface area (Å²) in [7, 11) is 0. The van der Waals surface area contributed by atoms with Crippen molar-refractivity contribution in [2.24, 2.45) is 11.8 Å². The predicted octanol–water partition coefficient (Wildman–Crippen LogP) is 5.95. The fourth-order valence-corrected chi connectivity index (χ4v) is 8.77. The summed E-state index contributed by atoms with van der Waals surface area (Å²) in [5.74, 6) is -0.268. The Labute approximate surface area is 401 Å². The van der Waals surface area contributed by atoms with E-state index in [9.17, 15) is 9.59 Å². The van der Waals surface area contributed by atoms with Crippen molar-refractivity contribution in [1.29, 1.82) is 0 Å². The second-order valence-corrected chi connectivity index (χ2v) is 18.0. The van der Waals surface area contributed by atoms with Crippen molar-refractivity contribution in [3.63, 3.8) is 0 Å². The number of carboxylic acids is 2. The fourth-order valence-electron chi connectivity index (χ4n) is 8.77. The topological polar surface area (TPSA) is 208 Å². The number of nitrogens with one attached hydrogen (secondary N) is 2. The second kappa shape index (κ2) is 28.8. The minimum Gasteiger partial charge on any atom is -0.490 e. The van der Waals surface area contributed by atoms with E-state index in [0.29, 0.717) is 25.3 Å². The third kappa shape index (κ3) is 18.3. The first-order chi connectivity index (χ1) is 33.2. The number of rotatable bonds is 21. The molecule has 0 aliphatic carbocycles. The molecule has 8 rings (SSSR count). The first kappa shape index (κ1) is 52.0. The normalized spacial score (nSPS) is 19.5. The number of nitrogens with zero attached hydrogens (tertiary/aromatic N) is 4.